The average Bonchev–Trinajstić information content (AvgIpc) is 3.48. The zero-order chi connectivity index (χ0) is 30.7. The van der Waals surface area contributed by atoms with E-state index in [-0.39, 0.29) is 0 Å². The molecule has 0 aliphatic heterocycles. The maximum atomic E-state index is 11.8. The van der Waals surface area contributed by atoms with Crippen molar-refractivity contribution in [3.63, 3.8) is 0 Å². The fraction of sp³-hybridized carbons (Fsp3) is 0.0698. The number of aliphatic hydroxyl groups is 2. The van der Waals surface area contributed by atoms with Crippen LogP contribution in [0.1, 0.15) is 44.5 Å². The van der Waals surface area contributed by atoms with Gasteiger partial charge in [0, 0.05) is 33.4 Å². The molecule has 214 valence electrons. The summed E-state index contributed by atoms with van der Waals surface area (Å²) in [5, 5.41) is 23.7. The molecule has 0 saturated carbocycles. The SMILES string of the molecule is OC(C#Cc1ccc2c(c1)Cc1cc(C#CC(O)(c3ccccc3)c3ccccc3)ccc1-2)(c1ccccc1)c1ccccc1. The Hall–Kier alpha value is -5.64. The summed E-state index contributed by atoms with van der Waals surface area (Å²) < 4.78 is 0. The Morgan fingerprint density at radius 3 is 1.02 bits per heavy atom. The molecule has 1 aliphatic carbocycles. The maximum Gasteiger partial charge on any atom is 0.177 e. The van der Waals surface area contributed by atoms with Gasteiger partial charge in [-0.05, 0) is 52.9 Å². The fourth-order valence-electron chi connectivity index (χ4n) is 6.03. The largest absolute Gasteiger partial charge is 0.369 e. The molecule has 0 fully saturated rings. The Balaban J connectivity index is 1.19. The summed E-state index contributed by atoms with van der Waals surface area (Å²) in [6.45, 7) is 0. The highest BCUT2D eigenvalue weighted by Gasteiger charge is 2.30. The van der Waals surface area contributed by atoms with Crippen molar-refractivity contribution in [3.8, 4) is 34.8 Å². The van der Waals surface area contributed by atoms with E-state index in [1.54, 1.807) is 0 Å². The van der Waals surface area contributed by atoms with Crippen LogP contribution in [0.15, 0.2) is 158 Å². The molecule has 2 N–H and O–H groups in total. The Labute approximate surface area is 264 Å². The van der Waals surface area contributed by atoms with E-state index in [4.69, 9.17) is 0 Å². The molecular weight excluding hydrogens is 548 g/mol. The van der Waals surface area contributed by atoms with Crippen molar-refractivity contribution < 1.29 is 10.2 Å². The van der Waals surface area contributed by atoms with Gasteiger partial charge < -0.3 is 10.2 Å². The van der Waals surface area contributed by atoms with Crippen LogP contribution in [0.3, 0.4) is 0 Å². The van der Waals surface area contributed by atoms with Crippen molar-refractivity contribution in [2.75, 3.05) is 0 Å². The Morgan fingerprint density at radius 2 is 0.711 bits per heavy atom. The minimum absolute atomic E-state index is 0.734. The van der Waals surface area contributed by atoms with Crippen LogP contribution in [-0.4, -0.2) is 10.2 Å². The predicted octanol–water partition coefficient (Wildman–Crippen LogP) is 7.83. The van der Waals surface area contributed by atoms with Crippen LogP contribution < -0.4 is 0 Å². The van der Waals surface area contributed by atoms with Gasteiger partial charge in [0.2, 0.25) is 0 Å². The zero-order valence-corrected chi connectivity index (χ0v) is 24.6. The molecule has 6 aromatic rings. The van der Waals surface area contributed by atoms with E-state index in [2.05, 4.69) is 47.9 Å². The summed E-state index contributed by atoms with van der Waals surface area (Å²) in [7, 11) is 0. The number of hydrogen-bond donors (Lipinski definition) is 2. The fourth-order valence-corrected chi connectivity index (χ4v) is 6.03. The highest BCUT2D eigenvalue weighted by Crippen LogP contribution is 2.38. The molecule has 6 aromatic carbocycles. The molecule has 2 heteroatoms. The van der Waals surface area contributed by atoms with Gasteiger partial charge in [-0.2, -0.15) is 0 Å². The van der Waals surface area contributed by atoms with Crippen LogP contribution in [0.2, 0.25) is 0 Å². The molecule has 0 atom stereocenters. The second-order valence-corrected chi connectivity index (χ2v) is 11.3. The number of rotatable bonds is 4. The van der Waals surface area contributed by atoms with E-state index >= 15 is 0 Å². The van der Waals surface area contributed by atoms with Crippen LogP contribution in [-0.2, 0) is 17.6 Å². The standard InChI is InChI=1S/C43H30O2/c44-42(36-13-5-1-6-14-36,37-15-7-2-8-16-37)27-25-32-21-23-40-34(29-32)31-35-30-33(22-24-41(35)40)26-28-43(45,38-17-9-3-10-18-38)39-19-11-4-12-20-39/h1-24,29-30,44-45H,31H2. The van der Waals surface area contributed by atoms with E-state index < -0.39 is 11.2 Å². The molecule has 1 aliphatic rings. The molecule has 2 nitrogen and oxygen atoms in total. The lowest BCUT2D eigenvalue weighted by molar-refractivity contribution is 0.145. The van der Waals surface area contributed by atoms with Gasteiger partial charge in [-0.25, -0.2) is 0 Å². The Kier molecular flexibility index (Phi) is 7.38. The van der Waals surface area contributed by atoms with E-state index in [9.17, 15) is 10.2 Å². The third kappa shape index (κ3) is 5.46. The number of fused-ring (bicyclic) bond motifs is 3. The lowest BCUT2D eigenvalue weighted by atomic mass is 9.86. The molecule has 0 saturated heterocycles. The Bertz CT molecular complexity index is 1860. The molecule has 0 amide bonds. The smallest absolute Gasteiger partial charge is 0.177 e. The first-order valence-electron chi connectivity index (χ1n) is 15.0. The van der Waals surface area contributed by atoms with Crippen LogP contribution in [0.25, 0.3) is 11.1 Å². The lowest BCUT2D eigenvalue weighted by Crippen LogP contribution is -2.25. The van der Waals surface area contributed by atoms with Gasteiger partial charge in [0.1, 0.15) is 0 Å². The van der Waals surface area contributed by atoms with Crippen molar-refractivity contribution >= 4 is 0 Å². The van der Waals surface area contributed by atoms with Crippen LogP contribution >= 0.6 is 0 Å². The van der Waals surface area contributed by atoms with E-state index in [0.717, 1.165) is 39.8 Å². The topological polar surface area (TPSA) is 40.5 Å². The Morgan fingerprint density at radius 1 is 0.400 bits per heavy atom. The summed E-state index contributed by atoms with van der Waals surface area (Å²) in [6, 6.07) is 50.8. The van der Waals surface area contributed by atoms with Crippen molar-refractivity contribution in [1.29, 1.82) is 0 Å². The average molecular weight is 579 g/mol. The molecule has 0 heterocycles. The summed E-state index contributed by atoms with van der Waals surface area (Å²) in [5.41, 5.74) is 6.52. The first-order valence-corrected chi connectivity index (χ1v) is 15.0. The summed E-state index contributed by atoms with van der Waals surface area (Å²) in [6.07, 6.45) is 0.763. The number of benzene rings is 6. The molecule has 0 spiro atoms. The molecule has 0 bridgehead atoms. The highest BCUT2D eigenvalue weighted by molar-refractivity contribution is 5.78. The predicted molar refractivity (Wildman–Crippen MR) is 180 cm³/mol. The van der Waals surface area contributed by atoms with Gasteiger partial charge in [-0.3, -0.25) is 0 Å². The van der Waals surface area contributed by atoms with Crippen LogP contribution in [0.5, 0.6) is 0 Å². The van der Waals surface area contributed by atoms with E-state index in [1.807, 2.05) is 133 Å². The van der Waals surface area contributed by atoms with Gasteiger partial charge in [0.05, 0.1) is 0 Å². The molecule has 0 radical (unpaired) electrons. The molecule has 45 heavy (non-hydrogen) atoms. The minimum Gasteiger partial charge on any atom is -0.369 e. The molecule has 7 rings (SSSR count). The highest BCUT2D eigenvalue weighted by atomic mass is 16.3. The van der Waals surface area contributed by atoms with E-state index in [1.165, 1.54) is 22.3 Å². The van der Waals surface area contributed by atoms with E-state index in [0.29, 0.717) is 0 Å². The second kappa shape index (κ2) is 11.8. The normalized spacial score (nSPS) is 11.8. The van der Waals surface area contributed by atoms with Crippen LogP contribution in [0, 0.1) is 23.7 Å². The lowest BCUT2D eigenvalue weighted by Gasteiger charge is -2.23. The first kappa shape index (κ1) is 28.1. The van der Waals surface area contributed by atoms with Gasteiger partial charge in [-0.1, -0.05) is 157 Å². The van der Waals surface area contributed by atoms with Crippen LogP contribution in [0.4, 0.5) is 0 Å². The third-order valence-electron chi connectivity index (χ3n) is 8.42. The van der Waals surface area contributed by atoms with Crippen molar-refractivity contribution in [1.82, 2.24) is 0 Å². The zero-order valence-electron chi connectivity index (χ0n) is 24.6. The van der Waals surface area contributed by atoms with Crippen molar-refractivity contribution in [2.24, 2.45) is 0 Å². The summed E-state index contributed by atoms with van der Waals surface area (Å²) in [5.74, 6) is 12.9. The van der Waals surface area contributed by atoms with Gasteiger partial charge >= 0.3 is 0 Å². The molecule has 0 aromatic heterocycles. The molecule has 0 unspecified atom stereocenters. The van der Waals surface area contributed by atoms with Crippen molar-refractivity contribution in [3.05, 3.63) is 202 Å². The first-order chi connectivity index (χ1) is 22.0. The monoisotopic (exact) mass is 578 g/mol. The summed E-state index contributed by atoms with van der Waals surface area (Å²) in [4.78, 5) is 0. The maximum absolute atomic E-state index is 11.8. The van der Waals surface area contributed by atoms with Gasteiger partial charge in [0.15, 0.2) is 11.2 Å². The third-order valence-corrected chi connectivity index (χ3v) is 8.42. The second-order valence-electron chi connectivity index (χ2n) is 11.3. The minimum atomic E-state index is -1.43. The summed E-state index contributed by atoms with van der Waals surface area (Å²) >= 11 is 0. The quantitative estimate of drug-likeness (QED) is 0.209. The van der Waals surface area contributed by atoms with Crippen molar-refractivity contribution in [2.45, 2.75) is 17.6 Å². The molecular formula is C43H30O2. The number of hydrogen-bond acceptors (Lipinski definition) is 2. The van der Waals surface area contributed by atoms with Gasteiger partial charge in [0.25, 0.3) is 0 Å². The van der Waals surface area contributed by atoms with Gasteiger partial charge in [-0.15, -0.1) is 0 Å².